The predicted octanol–water partition coefficient (Wildman–Crippen LogP) is 3.71. The van der Waals surface area contributed by atoms with E-state index in [1.807, 2.05) is 6.92 Å². The molecule has 1 aromatic heterocycles. The Labute approximate surface area is 139 Å². The van der Waals surface area contributed by atoms with Gasteiger partial charge < -0.3 is 5.32 Å². The van der Waals surface area contributed by atoms with E-state index in [4.69, 9.17) is 0 Å². The molecular weight excluding hydrogens is 319 g/mol. The Morgan fingerprint density at radius 1 is 1.33 bits per heavy atom. The molecule has 3 rings (SSSR count). The van der Waals surface area contributed by atoms with Crippen molar-refractivity contribution < 1.29 is 18.0 Å². The van der Waals surface area contributed by atoms with Crippen LogP contribution in [0.3, 0.4) is 0 Å². The van der Waals surface area contributed by atoms with Crippen molar-refractivity contribution in [3.8, 4) is 0 Å². The number of nitrogens with one attached hydrogen (secondary N) is 1. The highest BCUT2D eigenvalue weighted by atomic mass is 19.4. The Morgan fingerprint density at radius 2 is 2.04 bits per heavy atom. The first-order valence-corrected chi connectivity index (χ1v) is 8.60. The van der Waals surface area contributed by atoms with E-state index in [-0.39, 0.29) is 11.9 Å². The van der Waals surface area contributed by atoms with Crippen molar-refractivity contribution in [1.82, 2.24) is 15.1 Å². The number of rotatable bonds is 4. The molecule has 0 aliphatic heterocycles. The summed E-state index contributed by atoms with van der Waals surface area (Å²) in [7, 11) is 0. The molecule has 1 amide bonds. The summed E-state index contributed by atoms with van der Waals surface area (Å²) in [6, 6.07) is 0.263. The van der Waals surface area contributed by atoms with E-state index in [0.29, 0.717) is 17.5 Å². The number of fused-ring (bicyclic) bond motifs is 2. The van der Waals surface area contributed by atoms with Gasteiger partial charge in [0.1, 0.15) is 6.04 Å². The standard InChI is InChI=1S/C17H24F3N3O/c1-9-6-15(17(18,19)20)22-23(9)11(3)16(24)21-10(2)14-8-12-4-5-13(14)7-12/h6,10-14H,4-5,7-8H2,1-3H3,(H,21,24)/t10-,11+,12-,13-,14+/m0/s1. The Morgan fingerprint density at radius 3 is 2.54 bits per heavy atom. The van der Waals surface area contributed by atoms with E-state index in [1.165, 1.54) is 26.2 Å². The summed E-state index contributed by atoms with van der Waals surface area (Å²) < 4.78 is 39.5. The van der Waals surface area contributed by atoms with Crippen LogP contribution in [-0.4, -0.2) is 21.7 Å². The van der Waals surface area contributed by atoms with Crippen LogP contribution >= 0.6 is 0 Å². The van der Waals surface area contributed by atoms with Gasteiger partial charge in [0.05, 0.1) is 0 Å². The van der Waals surface area contributed by atoms with Gasteiger partial charge in [0.2, 0.25) is 5.91 Å². The van der Waals surface area contributed by atoms with Gasteiger partial charge in [-0.25, -0.2) is 0 Å². The fourth-order valence-corrected chi connectivity index (χ4v) is 4.49. The third-order valence-corrected chi connectivity index (χ3v) is 5.76. The molecule has 0 saturated heterocycles. The maximum atomic E-state index is 12.8. The van der Waals surface area contributed by atoms with Gasteiger partial charge in [-0.05, 0) is 63.9 Å². The molecule has 7 heteroatoms. The van der Waals surface area contributed by atoms with Crippen LogP contribution in [-0.2, 0) is 11.0 Å². The second kappa shape index (κ2) is 6.08. The minimum absolute atomic E-state index is 0.0493. The number of carbonyl (C=O) groups is 1. The largest absolute Gasteiger partial charge is 0.435 e. The number of halogens is 3. The highest BCUT2D eigenvalue weighted by Crippen LogP contribution is 2.49. The van der Waals surface area contributed by atoms with Crippen LogP contribution in [0.15, 0.2) is 6.07 Å². The zero-order chi connectivity index (χ0) is 17.6. The molecule has 0 spiro atoms. The average Bonchev–Trinajstić information content (AvgIpc) is 3.20. The lowest BCUT2D eigenvalue weighted by molar-refractivity contribution is -0.142. The molecule has 2 aliphatic carbocycles. The Hall–Kier alpha value is -1.53. The first kappa shape index (κ1) is 17.3. The quantitative estimate of drug-likeness (QED) is 0.906. The van der Waals surface area contributed by atoms with E-state index in [2.05, 4.69) is 10.4 Å². The van der Waals surface area contributed by atoms with Crippen molar-refractivity contribution in [2.75, 3.05) is 0 Å². The van der Waals surface area contributed by atoms with Crippen LogP contribution < -0.4 is 5.32 Å². The summed E-state index contributed by atoms with van der Waals surface area (Å²) in [4.78, 5) is 12.5. The average molecular weight is 343 g/mol. The van der Waals surface area contributed by atoms with Gasteiger partial charge in [0.15, 0.2) is 5.69 Å². The van der Waals surface area contributed by atoms with Crippen LogP contribution in [0.1, 0.15) is 57.0 Å². The number of carbonyl (C=O) groups excluding carboxylic acids is 1. The molecule has 5 atom stereocenters. The number of nitrogens with zero attached hydrogens (tertiary/aromatic N) is 2. The van der Waals surface area contributed by atoms with E-state index >= 15 is 0 Å². The zero-order valence-corrected chi connectivity index (χ0v) is 14.2. The molecule has 1 aromatic rings. The lowest BCUT2D eigenvalue weighted by Gasteiger charge is -2.29. The maximum Gasteiger partial charge on any atom is 0.435 e. The van der Waals surface area contributed by atoms with Crippen molar-refractivity contribution in [1.29, 1.82) is 0 Å². The number of amides is 1. The highest BCUT2D eigenvalue weighted by molar-refractivity contribution is 5.80. The minimum atomic E-state index is -4.50. The number of alkyl halides is 3. The number of aryl methyl sites for hydroxylation is 1. The van der Waals surface area contributed by atoms with Gasteiger partial charge in [-0.1, -0.05) is 6.42 Å². The lowest BCUT2D eigenvalue weighted by Crippen LogP contribution is -2.43. The van der Waals surface area contributed by atoms with Crippen molar-refractivity contribution in [2.45, 2.75) is 64.7 Å². The van der Waals surface area contributed by atoms with E-state index in [0.717, 1.165) is 23.1 Å². The molecule has 2 aliphatic rings. The van der Waals surface area contributed by atoms with Crippen LogP contribution in [0.5, 0.6) is 0 Å². The minimum Gasteiger partial charge on any atom is -0.352 e. The lowest BCUT2D eigenvalue weighted by atomic mass is 9.84. The monoisotopic (exact) mass is 343 g/mol. The summed E-state index contributed by atoms with van der Waals surface area (Å²) in [6.45, 7) is 5.13. The molecule has 4 nitrogen and oxygen atoms in total. The van der Waals surface area contributed by atoms with Crippen molar-refractivity contribution in [3.05, 3.63) is 17.5 Å². The van der Waals surface area contributed by atoms with Gasteiger partial charge in [0, 0.05) is 11.7 Å². The molecule has 1 heterocycles. The van der Waals surface area contributed by atoms with E-state index in [9.17, 15) is 18.0 Å². The zero-order valence-electron chi connectivity index (χ0n) is 14.2. The normalized spacial score (nSPS) is 28.8. The van der Waals surface area contributed by atoms with Crippen molar-refractivity contribution >= 4 is 5.91 Å². The Kier molecular flexibility index (Phi) is 4.38. The van der Waals surface area contributed by atoms with Gasteiger partial charge in [0.25, 0.3) is 0 Å². The van der Waals surface area contributed by atoms with Gasteiger partial charge in [-0.2, -0.15) is 18.3 Å². The maximum absolute atomic E-state index is 12.8. The fourth-order valence-electron chi connectivity index (χ4n) is 4.49. The summed E-state index contributed by atoms with van der Waals surface area (Å²) >= 11 is 0. The molecule has 1 N–H and O–H groups in total. The van der Waals surface area contributed by atoms with Crippen molar-refractivity contribution in [3.63, 3.8) is 0 Å². The molecule has 0 unspecified atom stereocenters. The predicted molar refractivity (Wildman–Crippen MR) is 83.2 cm³/mol. The molecule has 2 bridgehead atoms. The number of hydrogen-bond donors (Lipinski definition) is 1. The second-order valence-corrected chi connectivity index (χ2v) is 7.43. The third kappa shape index (κ3) is 3.17. The van der Waals surface area contributed by atoms with Crippen LogP contribution in [0.25, 0.3) is 0 Å². The molecule has 0 aromatic carbocycles. The van der Waals surface area contributed by atoms with E-state index in [1.54, 1.807) is 6.92 Å². The summed E-state index contributed by atoms with van der Waals surface area (Å²) in [5.41, 5.74) is -0.627. The summed E-state index contributed by atoms with van der Waals surface area (Å²) in [6.07, 6.45) is 0.443. The molecule has 24 heavy (non-hydrogen) atoms. The first-order valence-electron chi connectivity index (χ1n) is 8.60. The topological polar surface area (TPSA) is 46.9 Å². The summed E-state index contributed by atoms with van der Waals surface area (Å²) in [5, 5.41) is 6.57. The molecule has 2 saturated carbocycles. The molecular formula is C17H24F3N3O. The van der Waals surface area contributed by atoms with Gasteiger partial charge in [-0.3, -0.25) is 9.48 Å². The first-order chi connectivity index (χ1) is 11.2. The molecule has 134 valence electrons. The number of aromatic nitrogens is 2. The number of hydrogen-bond acceptors (Lipinski definition) is 2. The SMILES string of the molecule is Cc1cc(C(F)(F)F)nn1[C@H](C)C(=O)N[C@@H](C)[C@H]1C[C@H]2CC[C@H]1C2. The summed E-state index contributed by atoms with van der Waals surface area (Å²) in [5.74, 6) is 1.69. The smallest absolute Gasteiger partial charge is 0.352 e. The van der Waals surface area contributed by atoms with Crippen LogP contribution in [0.2, 0.25) is 0 Å². The highest BCUT2D eigenvalue weighted by Gasteiger charge is 2.42. The van der Waals surface area contributed by atoms with E-state index < -0.39 is 17.9 Å². The van der Waals surface area contributed by atoms with Crippen LogP contribution in [0, 0.1) is 24.7 Å². The molecule has 2 fully saturated rings. The Balaban J connectivity index is 1.65. The van der Waals surface area contributed by atoms with Crippen molar-refractivity contribution in [2.24, 2.45) is 17.8 Å². The van der Waals surface area contributed by atoms with Gasteiger partial charge in [-0.15, -0.1) is 0 Å². The second-order valence-electron chi connectivity index (χ2n) is 7.43. The van der Waals surface area contributed by atoms with Gasteiger partial charge >= 0.3 is 6.18 Å². The Bertz CT molecular complexity index is 625. The third-order valence-electron chi connectivity index (χ3n) is 5.76. The molecule has 0 radical (unpaired) electrons. The fraction of sp³-hybridized carbons (Fsp3) is 0.765. The van der Waals surface area contributed by atoms with Crippen LogP contribution in [0.4, 0.5) is 13.2 Å².